The fourth-order valence-corrected chi connectivity index (χ4v) is 4.17. The van der Waals surface area contributed by atoms with E-state index in [0.29, 0.717) is 40.5 Å². The van der Waals surface area contributed by atoms with Crippen molar-refractivity contribution in [3.63, 3.8) is 0 Å². The highest BCUT2D eigenvalue weighted by Gasteiger charge is 2.29. The lowest BCUT2D eigenvalue weighted by molar-refractivity contribution is 0.0600. The minimum Gasteiger partial charge on any atom is -0.497 e. The molecule has 3 aromatic rings. The maximum atomic E-state index is 13.8. The zero-order valence-electron chi connectivity index (χ0n) is 20.0. The van der Waals surface area contributed by atoms with Crippen molar-refractivity contribution in [2.45, 2.75) is 13.5 Å². The predicted molar refractivity (Wildman–Crippen MR) is 128 cm³/mol. The molecule has 0 atom stereocenters. The summed E-state index contributed by atoms with van der Waals surface area (Å²) in [4.78, 5) is 27.8. The molecule has 0 saturated heterocycles. The molecular weight excluding hydrogens is 453 g/mol. The molecule has 0 N–H and O–H groups in total. The van der Waals surface area contributed by atoms with Crippen LogP contribution in [0.5, 0.6) is 17.2 Å². The molecule has 1 aliphatic rings. The Morgan fingerprint density at radius 2 is 1.66 bits per heavy atom. The highest BCUT2D eigenvalue weighted by Crippen LogP contribution is 2.39. The van der Waals surface area contributed by atoms with E-state index in [0.717, 1.165) is 5.56 Å². The van der Waals surface area contributed by atoms with Crippen molar-refractivity contribution < 1.29 is 32.9 Å². The average Bonchev–Trinajstić information content (AvgIpc) is 3.01. The van der Waals surface area contributed by atoms with Crippen LogP contribution in [-0.2, 0) is 11.3 Å². The second-order valence-electron chi connectivity index (χ2n) is 8.15. The number of nitrogens with zero attached hydrogens (tertiary/aromatic N) is 1. The normalized spacial score (nSPS) is 12.9. The molecule has 3 aromatic carbocycles. The van der Waals surface area contributed by atoms with E-state index < -0.39 is 5.97 Å². The van der Waals surface area contributed by atoms with Crippen LogP contribution < -0.4 is 14.2 Å². The number of ether oxygens (including phenoxy) is 4. The third-order valence-corrected chi connectivity index (χ3v) is 5.90. The zero-order chi connectivity index (χ0) is 25.1. The molecule has 8 heteroatoms. The smallest absolute Gasteiger partial charge is 0.337 e. The first-order valence-electron chi connectivity index (χ1n) is 11.0. The Labute approximate surface area is 203 Å². The van der Waals surface area contributed by atoms with Crippen molar-refractivity contribution in [2.75, 3.05) is 34.5 Å². The molecule has 1 amide bonds. The molecule has 0 saturated carbocycles. The van der Waals surface area contributed by atoms with Gasteiger partial charge in [-0.3, -0.25) is 4.79 Å². The highest BCUT2D eigenvalue weighted by atomic mass is 19.1. The van der Waals surface area contributed by atoms with Crippen molar-refractivity contribution in [1.82, 2.24) is 4.90 Å². The average molecular weight is 480 g/mol. The molecule has 0 unspecified atom stereocenters. The summed E-state index contributed by atoms with van der Waals surface area (Å²) in [6, 6.07) is 12.9. The number of esters is 1. The number of amides is 1. The first-order chi connectivity index (χ1) is 16.8. The Morgan fingerprint density at radius 3 is 2.29 bits per heavy atom. The largest absolute Gasteiger partial charge is 0.497 e. The molecule has 0 aromatic heterocycles. The van der Waals surface area contributed by atoms with Gasteiger partial charge >= 0.3 is 5.97 Å². The maximum absolute atomic E-state index is 13.8. The summed E-state index contributed by atoms with van der Waals surface area (Å²) < 4.78 is 35.4. The molecule has 7 nitrogen and oxygen atoms in total. The molecule has 0 aliphatic carbocycles. The number of hydrogen-bond acceptors (Lipinski definition) is 6. The fourth-order valence-electron chi connectivity index (χ4n) is 4.17. The minimum absolute atomic E-state index is 0.201. The Bertz CT molecular complexity index is 1270. The molecule has 1 aliphatic heterocycles. The van der Waals surface area contributed by atoms with Gasteiger partial charge in [-0.2, -0.15) is 0 Å². The van der Waals surface area contributed by atoms with E-state index in [2.05, 4.69) is 0 Å². The Hall–Kier alpha value is -4.07. The zero-order valence-corrected chi connectivity index (χ0v) is 20.0. The van der Waals surface area contributed by atoms with Gasteiger partial charge in [0.2, 0.25) is 0 Å². The van der Waals surface area contributed by atoms with Gasteiger partial charge in [-0.1, -0.05) is 6.07 Å². The summed E-state index contributed by atoms with van der Waals surface area (Å²) in [5, 5.41) is 0. The molecule has 4 rings (SSSR count). The lowest BCUT2D eigenvalue weighted by atomic mass is 9.94. The van der Waals surface area contributed by atoms with Crippen LogP contribution in [-0.4, -0.2) is 51.3 Å². The number of carbonyl (C=O) groups excluding carboxylic acids is 2. The maximum Gasteiger partial charge on any atom is 0.337 e. The molecular formula is C27H26FNO6. The van der Waals surface area contributed by atoms with Crippen LogP contribution in [0, 0.1) is 12.7 Å². The van der Waals surface area contributed by atoms with Crippen molar-refractivity contribution in [1.29, 1.82) is 0 Å². The summed E-state index contributed by atoms with van der Waals surface area (Å²) in [5.74, 6) is 0.308. The first-order valence-corrected chi connectivity index (χ1v) is 11.0. The van der Waals surface area contributed by atoms with Crippen LogP contribution in [0.1, 0.15) is 31.8 Å². The summed E-state index contributed by atoms with van der Waals surface area (Å²) in [6.07, 6.45) is 0. The second-order valence-corrected chi connectivity index (χ2v) is 8.15. The first kappa shape index (κ1) is 24.1. The van der Waals surface area contributed by atoms with Gasteiger partial charge in [-0.05, 0) is 60.0 Å². The number of hydrogen-bond donors (Lipinski definition) is 0. The fraction of sp³-hybridized carbons (Fsp3) is 0.259. The number of halogens is 1. The summed E-state index contributed by atoms with van der Waals surface area (Å²) >= 11 is 0. The van der Waals surface area contributed by atoms with Crippen molar-refractivity contribution in [3.8, 4) is 28.4 Å². The highest BCUT2D eigenvalue weighted by molar-refractivity contribution is 6.03. The predicted octanol–water partition coefficient (Wildman–Crippen LogP) is 4.64. The summed E-state index contributed by atoms with van der Waals surface area (Å²) in [7, 11) is 4.40. The minimum atomic E-state index is -0.588. The van der Waals surface area contributed by atoms with E-state index >= 15 is 0 Å². The number of rotatable bonds is 6. The molecule has 1 heterocycles. The van der Waals surface area contributed by atoms with E-state index in [4.69, 9.17) is 18.9 Å². The second kappa shape index (κ2) is 10.0. The van der Waals surface area contributed by atoms with Crippen LogP contribution in [0.3, 0.4) is 0 Å². The molecule has 0 fully saturated rings. The van der Waals surface area contributed by atoms with Crippen LogP contribution in [0.2, 0.25) is 0 Å². The Balaban J connectivity index is 1.80. The van der Waals surface area contributed by atoms with Gasteiger partial charge in [0.25, 0.3) is 5.91 Å². The number of fused-ring (bicyclic) bond motifs is 1. The van der Waals surface area contributed by atoms with Gasteiger partial charge in [0.1, 0.15) is 29.7 Å². The van der Waals surface area contributed by atoms with Crippen LogP contribution in [0.4, 0.5) is 4.39 Å². The van der Waals surface area contributed by atoms with Crippen LogP contribution in [0.25, 0.3) is 11.1 Å². The number of aryl methyl sites for hydroxylation is 1. The molecule has 35 heavy (non-hydrogen) atoms. The third-order valence-electron chi connectivity index (χ3n) is 5.90. The SMILES string of the molecule is COC(=O)c1cc2c(c(-c3ccc(F)cc3C)c1)OCCN(Cc1cc(OC)cc(OC)c1)C2=O. The molecule has 0 bridgehead atoms. The lowest BCUT2D eigenvalue weighted by Gasteiger charge is -2.21. The van der Waals surface area contributed by atoms with E-state index in [1.165, 1.54) is 25.3 Å². The Kier molecular flexibility index (Phi) is 6.91. The molecule has 0 spiro atoms. The lowest BCUT2D eigenvalue weighted by Crippen LogP contribution is -2.32. The van der Waals surface area contributed by atoms with Gasteiger partial charge in [0, 0.05) is 18.2 Å². The summed E-state index contributed by atoms with van der Waals surface area (Å²) in [5.41, 5.74) is 3.09. The number of carbonyl (C=O) groups is 2. The van der Waals surface area contributed by atoms with E-state index in [1.54, 1.807) is 44.2 Å². The van der Waals surface area contributed by atoms with E-state index in [9.17, 15) is 14.0 Å². The third kappa shape index (κ3) is 4.91. The Morgan fingerprint density at radius 1 is 0.971 bits per heavy atom. The topological polar surface area (TPSA) is 74.3 Å². The molecule has 0 radical (unpaired) electrons. The molecule has 182 valence electrons. The number of methoxy groups -OCH3 is 3. The van der Waals surface area contributed by atoms with Crippen molar-refractivity contribution >= 4 is 11.9 Å². The monoisotopic (exact) mass is 479 g/mol. The van der Waals surface area contributed by atoms with Gasteiger partial charge in [-0.15, -0.1) is 0 Å². The quantitative estimate of drug-likeness (QED) is 0.480. The van der Waals surface area contributed by atoms with Crippen LogP contribution >= 0.6 is 0 Å². The number of benzene rings is 3. The standard InChI is InChI=1S/C27H26FNO6/c1-16-9-19(28)5-6-22(16)23-12-18(27(31)34-4)13-24-25(23)35-8-7-29(26(24)30)15-17-10-20(32-2)14-21(11-17)33-3/h5-6,9-14H,7-8,15H2,1-4H3. The van der Waals surface area contributed by atoms with E-state index in [1.807, 2.05) is 12.1 Å². The van der Waals surface area contributed by atoms with Crippen molar-refractivity contribution in [2.24, 2.45) is 0 Å². The van der Waals surface area contributed by atoms with Crippen molar-refractivity contribution in [3.05, 3.63) is 76.6 Å². The van der Waals surface area contributed by atoms with E-state index in [-0.39, 0.29) is 36.0 Å². The summed E-state index contributed by atoms with van der Waals surface area (Å²) in [6.45, 7) is 2.60. The van der Waals surface area contributed by atoms with Gasteiger partial charge in [0.15, 0.2) is 0 Å². The van der Waals surface area contributed by atoms with Crippen LogP contribution in [0.15, 0.2) is 48.5 Å². The van der Waals surface area contributed by atoms with Gasteiger partial charge < -0.3 is 23.8 Å². The van der Waals surface area contributed by atoms with Gasteiger partial charge in [0.05, 0.1) is 39.0 Å². The van der Waals surface area contributed by atoms with Gasteiger partial charge in [-0.25, -0.2) is 9.18 Å².